The lowest BCUT2D eigenvalue weighted by molar-refractivity contribution is 0.226. The molecule has 1 saturated heterocycles. The molecule has 2 aromatic carbocycles. The first-order chi connectivity index (χ1) is 14.9. The van der Waals surface area contributed by atoms with E-state index in [1.807, 2.05) is 71.9 Å². The van der Waals surface area contributed by atoms with Gasteiger partial charge in [0.15, 0.2) is 5.17 Å². The van der Waals surface area contributed by atoms with Crippen LogP contribution in [0.15, 0.2) is 53.5 Å². The second-order valence-corrected chi connectivity index (χ2v) is 10.7. The molecule has 6 heteroatoms. The fourth-order valence-electron chi connectivity index (χ4n) is 2.97. The summed E-state index contributed by atoms with van der Waals surface area (Å²) in [6, 6.07) is 14.2. The SMILES string of the molecule is CC(C)(C)C#Cc1ccc(CN2C(=O)N(c3ccccc3)CSC2=NC(C)(C)C)c(F)c1. The number of hydrogen-bond donors (Lipinski definition) is 0. The number of carbonyl (C=O) groups excluding carboxylic acids is 1. The minimum absolute atomic E-state index is 0.100. The highest BCUT2D eigenvalue weighted by molar-refractivity contribution is 8.14. The second-order valence-electron chi connectivity index (χ2n) is 9.78. The summed E-state index contributed by atoms with van der Waals surface area (Å²) in [5.41, 5.74) is 1.33. The van der Waals surface area contributed by atoms with Crippen LogP contribution in [-0.2, 0) is 6.54 Å². The van der Waals surface area contributed by atoms with Gasteiger partial charge in [-0.05, 0) is 65.8 Å². The zero-order valence-corrected chi connectivity index (χ0v) is 20.4. The number of carbonyl (C=O) groups is 1. The van der Waals surface area contributed by atoms with Gasteiger partial charge in [-0.2, -0.15) is 0 Å². The first-order valence-corrected chi connectivity index (χ1v) is 11.6. The number of nitrogens with zero attached hydrogens (tertiary/aromatic N) is 3. The van der Waals surface area contributed by atoms with E-state index in [4.69, 9.17) is 4.99 Å². The molecule has 2 amide bonds. The second kappa shape index (κ2) is 9.38. The summed E-state index contributed by atoms with van der Waals surface area (Å²) in [4.78, 5) is 21.4. The first-order valence-electron chi connectivity index (χ1n) is 10.6. The van der Waals surface area contributed by atoms with E-state index < -0.39 is 0 Å². The molecular formula is C26H30FN3OS. The van der Waals surface area contributed by atoms with Gasteiger partial charge in [-0.3, -0.25) is 14.8 Å². The van der Waals surface area contributed by atoms with Crippen molar-refractivity contribution in [3.63, 3.8) is 0 Å². The normalized spacial score (nSPS) is 16.2. The molecule has 2 aromatic rings. The van der Waals surface area contributed by atoms with Gasteiger partial charge < -0.3 is 0 Å². The maximum atomic E-state index is 15.0. The van der Waals surface area contributed by atoms with Crippen molar-refractivity contribution in [2.75, 3.05) is 10.8 Å². The highest BCUT2D eigenvalue weighted by Gasteiger charge is 2.33. The van der Waals surface area contributed by atoms with Crippen LogP contribution < -0.4 is 4.90 Å². The maximum absolute atomic E-state index is 15.0. The Balaban J connectivity index is 1.92. The van der Waals surface area contributed by atoms with E-state index in [1.54, 1.807) is 21.9 Å². The number of anilines is 1. The van der Waals surface area contributed by atoms with E-state index in [0.29, 0.717) is 22.2 Å². The minimum atomic E-state index is -0.379. The van der Waals surface area contributed by atoms with E-state index >= 15 is 0 Å². The van der Waals surface area contributed by atoms with Gasteiger partial charge in [0.1, 0.15) is 5.82 Å². The number of benzene rings is 2. The lowest BCUT2D eigenvalue weighted by Crippen LogP contribution is -2.50. The summed E-state index contributed by atoms with van der Waals surface area (Å²) in [6.45, 7) is 12.1. The molecule has 0 saturated carbocycles. The number of thioether (sulfide) groups is 1. The van der Waals surface area contributed by atoms with Crippen molar-refractivity contribution in [3.05, 3.63) is 65.5 Å². The molecular weight excluding hydrogens is 421 g/mol. The van der Waals surface area contributed by atoms with Crippen LogP contribution in [0, 0.1) is 23.1 Å². The summed E-state index contributed by atoms with van der Waals surface area (Å²) < 4.78 is 15.0. The third-order valence-electron chi connectivity index (χ3n) is 4.48. The molecule has 0 spiro atoms. The molecule has 0 aliphatic carbocycles. The summed E-state index contributed by atoms with van der Waals surface area (Å²) >= 11 is 1.48. The Labute approximate surface area is 194 Å². The number of rotatable bonds is 3. The maximum Gasteiger partial charge on any atom is 0.331 e. The summed E-state index contributed by atoms with van der Waals surface area (Å²) in [6.07, 6.45) is 0. The Morgan fingerprint density at radius 3 is 2.34 bits per heavy atom. The number of amides is 2. The highest BCUT2D eigenvalue weighted by atomic mass is 32.2. The Kier molecular flexibility index (Phi) is 7.00. The number of para-hydroxylation sites is 1. The van der Waals surface area contributed by atoms with Gasteiger partial charge in [-0.15, -0.1) is 0 Å². The minimum Gasteiger partial charge on any atom is -0.284 e. The zero-order valence-electron chi connectivity index (χ0n) is 19.6. The highest BCUT2D eigenvalue weighted by Crippen LogP contribution is 2.29. The largest absolute Gasteiger partial charge is 0.331 e. The molecule has 1 fully saturated rings. The zero-order chi connectivity index (χ0) is 23.5. The van der Waals surface area contributed by atoms with Crippen LogP contribution in [0.5, 0.6) is 0 Å². The van der Waals surface area contributed by atoms with Crippen LogP contribution in [0.3, 0.4) is 0 Å². The van der Waals surface area contributed by atoms with E-state index in [9.17, 15) is 9.18 Å². The van der Waals surface area contributed by atoms with Gasteiger partial charge >= 0.3 is 6.03 Å². The van der Waals surface area contributed by atoms with Crippen LogP contribution in [-0.4, -0.2) is 27.5 Å². The van der Waals surface area contributed by atoms with Gasteiger partial charge in [0.25, 0.3) is 0 Å². The van der Waals surface area contributed by atoms with Crippen LogP contribution in [0.4, 0.5) is 14.9 Å². The van der Waals surface area contributed by atoms with Gasteiger partial charge in [0.2, 0.25) is 0 Å². The average Bonchev–Trinajstić information content (AvgIpc) is 2.69. The molecule has 0 aromatic heterocycles. The van der Waals surface area contributed by atoms with Gasteiger partial charge in [0.05, 0.1) is 18.0 Å². The number of hydrogen-bond acceptors (Lipinski definition) is 3. The van der Waals surface area contributed by atoms with Crippen LogP contribution in [0.25, 0.3) is 0 Å². The number of amidine groups is 1. The van der Waals surface area contributed by atoms with Crippen molar-refractivity contribution < 1.29 is 9.18 Å². The van der Waals surface area contributed by atoms with Crippen molar-refractivity contribution >= 4 is 28.6 Å². The van der Waals surface area contributed by atoms with Crippen molar-refractivity contribution in [2.24, 2.45) is 10.4 Å². The molecule has 3 rings (SSSR count). The van der Waals surface area contributed by atoms with Crippen molar-refractivity contribution in [1.82, 2.24) is 4.90 Å². The molecule has 0 bridgehead atoms. The predicted octanol–water partition coefficient (Wildman–Crippen LogP) is 6.51. The summed E-state index contributed by atoms with van der Waals surface area (Å²) in [5, 5.41) is 0.602. The van der Waals surface area contributed by atoms with Crippen LogP contribution >= 0.6 is 11.8 Å². The van der Waals surface area contributed by atoms with E-state index in [1.165, 1.54) is 17.8 Å². The molecule has 1 heterocycles. The fourth-order valence-corrected chi connectivity index (χ4v) is 4.11. The van der Waals surface area contributed by atoms with Crippen molar-refractivity contribution in [1.29, 1.82) is 0 Å². The molecule has 0 N–H and O–H groups in total. The Morgan fingerprint density at radius 1 is 1.06 bits per heavy atom. The number of aliphatic imine (C=N–C) groups is 1. The molecule has 32 heavy (non-hydrogen) atoms. The lowest BCUT2D eigenvalue weighted by Gasteiger charge is -2.36. The predicted molar refractivity (Wildman–Crippen MR) is 132 cm³/mol. The Hall–Kier alpha value is -2.78. The molecule has 4 nitrogen and oxygen atoms in total. The Morgan fingerprint density at radius 2 is 1.75 bits per heavy atom. The quantitative estimate of drug-likeness (QED) is 0.499. The van der Waals surface area contributed by atoms with E-state index in [0.717, 1.165) is 5.69 Å². The molecule has 0 unspecified atom stereocenters. The molecule has 0 atom stereocenters. The summed E-state index contributed by atoms with van der Waals surface area (Å²) in [7, 11) is 0. The molecule has 168 valence electrons. The topological polar surface area (TPSA) is 35.9 Å². The van der Waals surface area contributed by atoms with Crippen molar-refractivity contribution in [2.45, 2.75) is 53.6 Å². The third kappa shape index (κ3) is 6.37. The standard InChI is InChI=1S/C26H30FN3OS/c1-25(2,3)15-14-19-12-13-20(22(27)16-19)17-29-23(28-26(4,5)6)32-18-30(24(29)31)21-10-8-7-9-11-21/h7-13,16H,17-18H2,1-6H3. The van der Waals surface area contributed by atoms with Gasteiger partial charge in [-0.25, -0.2) is 9.18 Å². The van der Waals surface area contributed by atoms with E-state index in [-0.39, 0.29) is 29.3 Å². The third-order valence-corrected chi connectivity index (χ3v) is 5.43. The molecule has 1 aliphatic rings. The van der Waals surface area contributed by atoms with Crippen LogP contribution in [0.2, 0.25) is 0 Å². The first kappa shape index (κ1) is 23.9. The van der Waals surface area contributed by atoms with Crippen LogP contribution in [0.1, 0.15) is 52.7 Å². The Bertz CT molecular complexity index is 1070. The van der Waals surface area contributed by atoms with Gasteiger partial charge in [0, 0.05) is 22.2 Å². The molecule has 1 aliphatic heterocycles. The van der Waals surface area contributed by atoms with E-state index in [2.05, 4.69) is 11.8 Å². The van der Waals surface area contributed by atoms with Gasteiger partial charge in [-0.1, -0.05) is 47.9 Å². The summed E-state index contributed by atoms with van der Waals surface area (Å²) in [5.74, 6) is 6.22. The van der Waals surface area contributed by atoms with Crippen molar-refractivity contribution in [3.8, 4) is 11.8 Å². The molecule has 0 radical (unpaired) electrons. The fraction of sp³-hybridized carbons (Fsp3) is 0.385. The number of halogens is 1. The lowest BCUT2D eigenvalue weighted by atomic mass is 9.97. The smallest absolute Gasteiger partial charge is 0.284 e. The monoisotopic (exact) mass is 451 g/mol. The average molecular weight is 452 g/mol. The number of urea groups is 1.